The van der Waals surface area contributed by atoms with E-state index in [2.05, 4.69) is 47.3 Å². The second-order valence-corrected chi connectivity index (χ2v) is 12.3. The number of rotatable bonds is 9. The topological polar surface area (TPSA) is 116 Å². The Kier molecular flexibility index (Phi) is 18.9. The maximum absolute atomic E-state index is 5.75. The van der Waals surface area contributed by atoms with Gasteiger partial charge < -0.3 is 31.6 Å². The van der Waals surface area contributed by atoms with Crippen LogP contribution in [0.15, 0.2) is 177 Å². The van der Waals surface area contributed by atoms with Gasteiger partial charge in [-0.1, -0.05) is 142 Å². The van der Waals surface area contributed by atoms with Crippen molar-refractivity contribution < 1.29 is 16.8 Å². The Labute approximate surface area is 341 Å². The summed E-state index contributed by atoms with van der Waals surface area (Å²) in [4.78, 5) is 0. The molecule has 0 spiro atoms. The van der Waals surface area contributed by atoms with Crippen LogP contribution in [0.1, 0.15) is 0 Å². The van der Waals surface area contributed by atoms with Crippen LogP contribution in [-0.4, -0.2) is 0 Å². The molecule has 0 saturated heterocycles. The molecule has 6 rings (SSSR count). The normalized spacial score (nSPS) is 10.5. The van der Waals surface area contributed by atoms with Gasteiger partial charge in [-0.2, -0.15) is 0 Å². The second-order valence-electron chi connectivity index (χ2n) is 9.73. The first kappa shape index (κ1) is 42.2. The molecule has 0 bridgehead atoms. The molecule has 0 fully saturated rings. The molecule has 6 aromatic rings. The molecule has 6 aromatic carbocycles. The van der Waals surface area contributed by atoms with E-state index in [1.807, 2.05) is 0 Å². The maximum atomic E-state index is 5.75. The molecule has 0 N–H and O–H groups in total. The van der Waals surface area contributed by atoms with Crippen LogP contribution < -0.4 is 0 Å². The fraction of sp³-hybridized carbons (Fsp3) is 0. The van der Waals surface area contributed by atoms with Gasteiger partial charge in [0.2, 0.25) is 0 Å². The van der Waals surface area contributed by atoms with Crippen LogP contribution in [0.25, 0.3) is 16.3 Å². The van der Waals surface area contributed by atoms with Crippen molar-refractivity contribution in [3.63, 3.8) is 0 Å². The zero-order chi connectivity index (χ0) is 36.3. The first-order valence-corrected chi connectivity index (χ1v) is 16.9. The van der Waals surface area contributed by atoms with Gasteiger partial charge in [-0.3, -0.25) is 15.7 Å². The van der Waals surface area contributed by atoms with E-state index < -0.39 is 0 Å². The van der Waals surface area contributed by atoms with Crippen LogP contribution in [0.3, 0.4) is 0 Å². The predicted molar refractivity (Wildman–Crippen MR) is 211 cm³/mol. The summed E-state index contributed by atoms with van der Waals surface area (Å²) in [6.07, 6.45) is 0. The van der Waals surface area contributed by atoms with Crippen molar-refractivity contribution in [3.8, 4) is 0 Å². The van der Waals surface area contributed by atoms with Crippen molar-refractivity contribution in [3.05, 3.63) is 192 Å². The molecule has 52 heavy (non-hydrogen) atoms. The van der Waals surface area contributed by atoms with Crippen molar-refractivity contribution in [1.29, 1.82) is 0 Å². The number of hydrogen-bond acceptors (Lipinski definition) is 6. The molecule has 9 nitrogen and oxygen atoms in total. The van der Waals surface area contributed by atoms with Gasteiger partial charge in [-0.05, 0) is 107 Å². The van der Waals surface area contributed by atoms with E-state index in [1.165, 1.54) is 0 Å². The van der Waals surface area contributed by atoms with Gasteiger partial charge >= 0.3 is 16.8 Å². The molecule has 0 atom stereocenters. The van der Waals surface area contributed by atoms with E-state index in [1.54, 1.807) is 146 Å². The van der Waals surface area contributed by atoms with Crippen LogP contribution in [0, 0.1) is 0 Å². The summed E-state index contributed by atoms with van der Waals surface area (Å²) in [6, 6.07) is 42.2. The van der Waals surface area contributed by atoms with Gasteiger partial charge in [-0.15, -0.1) is 0 Å². The number of hydrogen-bond donors (Lipinski definition) is 0. The summed E-state index contributed by atoms with van der Waals surface area (Å²) in [5, 5.41) is 27.0. The minimum absolute atomic E-state index is 0. The molecule has 0 heterocycles. The molecule has 0 radical (unpaired) electrons. The van der Waals surface area contributed by atoms with Crippen molar-refractivity contribution in [2.24, 2.45) is 31.0 Å². The predicted octanol–water partition coefficient (Wildman–Crippen LogP) is 17.1. The average molecular weight is 854 g/mol. The number of nitrogens with zero attached hydrogens (tertiary/aromatic N) is 9. The summed E-state index contributed by atoms with van der Waals surface area (Å²) >= 11 is 34.5. The van der Waals surface area contributed by atoms with E-state index in [-0.39, 0.29) is 16.8 Å². The van der Waals surface area contributed by atoms with Gasteiger partial charge in [0.25, 0.3) is 0 Å². The molecule has 0 saturated carbocycles. The molecule has 0 aliphatic heterocycles. The SMILES string of the molecule is Clc1ccc(N=N[N-]c2ccc(Cl)cc2)cc1.Clc1ccc(N=N[N-]c2ccc(Cl)cc2)cc1.Clc1ccc(N=N[N-]c2ccc(Cl)cc2)cc1.[Co+3]. The first-order valence-electron chi connectivity index (χ1n) is 14.6. The van der Waals surface area contributed by atoms with Crippen molar-refractivity contribution >= 4 is 104 Å². The Bertz CT molecular complexity index is 1760. The van der Waals surface area contributed by atoms with Crippen LogP contribution >= 0.6 is 69.6 Å². The third-order valence-corrected chi connectivity index (χ3v) is 7.43. The second kappa shape index (κ2) is 23.4. The fourth-order valence-electron chi connectivity index (χ4n) is 3.42. The monoisotopic (exact) mass is 851 g/mol. The average Bonchev–Trinajstić information content (AvgIpc) is 3.14. The summed E-state index contributed by atoms with van der Waals surface area (Å²) < 4.78 is 0. The molecule has 0 amide bonds. The Morgan fingerprint density at radius 2 is 0.442 bits per heavy atom. The van der Waals surface area contributed by atoms with Gasteiger partial charge in [-0.25, -0.2) is 0 Å². The molecule has 16 heteroatoms. The quantitative estimate of drug-likeness (QED) is 0.102. The Balaban J connectivity index is 0.000000208. The van der Waals surface area contributed by atoms with Gasteiger partial charge in [0.05, 0.1) is 0 Å². The Morgan fingerprint density at radius 1 is 0.269 bits per heavy atom. The van der Waals surface area contributed by atoms with E-state index in [4.69, 9.17) is 69.6 Å². The van der Waals surface area contributed by atoms with Crippen molar-refractivity contribution in [1.82, 2.24) is 0 Å². The third-order valence-electron chi connectivity index (χ3n) is 5.92. The molecule has 264 valence electrons. The first-order chi connectivity index (χ1) is 24.7. The Morgan fingerprint density at radius 3 is 0.635 bits per heavy atom. The molecular weight excluding hydrogens is 830 g/mol. The van der Waals surface area contributed by atoms with E-state index in [0.717, 1.165) is 0 Å². The van der Waals surface area contributed by atoms with E-state index >= 15 is 0 Å². The zero-order valence-corrected chi connectivity index (χ0v) is 32.1. The van der Waals surface area contributed by atoms with Crippen LogP contribution in [0.5, 0.6) is 0 Å². The number of halogens is 6. The maximum Gasteiger partial charge on any atom is 3.00 e. The smallest absolute Gasteiger partial charge is 0.350 e. The number of benzene rings is 6. The summed E-state index contributed by atoms with van der Waals surface area (Å²) in [6.45, 7) is 0. The molecule has 0 aliphatic rings. The summed E-state index contributed by atoms with van der Waals surface area (Å²) in [7, 11) is 0. The fourth-order valence-corrected chi connectivity index (χ4v) is 4.18. The summed E-state index contributed by atoms with van der Waals surface area (Å²) in [5.74, 6) is 0. The van der Waals surface area contributed by atoms with Gasteiger partial charge in [0, 0.05) is 30.1 Å². The molecule has 0 aliphatic carbocycles. The molecule has 0 unspecified atom stereocenters. The summed E-state index contributed by atoms with van der Waals surface area (Å²) in [5.41, 5.74) is 16.0. The molecule has 0 aromatic heterocycles. The standard InChI is InChI=1S/3C12H8Cl2N3.Co/c3*13-9-1-5-11(6-2-9)15-17-16-12-7-3-10(14)4-8-12;/h3*1-8H;/q3*-1;+3. The van der Waals surface area contributed by atoms with E-state index in [0.29, 0.717) is 64.3 Å². The largest absolute Gasteiger partial charge is 3.00 e. The van der Waals surface area contributed by atoms with Crippen molar-refractivity contribution in [2.45, 2.75) is 0 Å². The molecular formula is C36H24Cl6CoN9. The van der Waals surface area contributed by atoms with Crippen LogP contribution in [0.4, 0.5) is 34.1 Å². The van der Waals surface area contributed by atoms with E-state index in [9.17, 15) is 0 Å². The minimum Gasteiger partial charge on any atom is -0.350 e. The van der Waals surface area contributed by atoms with Crippen LogP contribution in [0.2, 0.25) is 30.1 Å². The van der Waals surface area contributed by atoms with Crippen molar-refractivity contribution in [2.75, 3.05) is 0 Å². The third kappa shape index (κ3) is 16.9. The van der Waals surface area contributed by atoms with Gasteiger partial charge in [0.1, 0.15) is 0 Å². The van der Waals surface area contributed by atoms with Crippen LogP contribution in [-0.2, 0) is 16.8 Å². The zero-order valence-electron chi connectivity index (χ0n) is 26.5. The minimum atomic E-state index is 0. The Hall–Kier alpha value is -4.23. The van der Waals surface area contributed by atoms with Gasteiger partial charge in [0.15, 0.2) is 0 Å².